The lowest BCUT2D eigenvalue weighted by molar-refractivity contribution is 0.160. The van der Waals surface area contributed by atoms with Crippen molar-refractivity contribution in [3.63, 3.8) is 0 Å². The summed E-state index contributed by atoms with van der Waals surface area (Å²) in [5, 5.41) is 3.34. The summed E-state index contributed by atoms with van der Waals surface area (Å²) in [5.74, 6) is 0. The van der Waals surface area contributed by atoms with Gasteiger partial charge in [0.25, 0.3) is 0 Å². The topological polar surface area (TPSA) is 15.3 Å². The average molecular weight is 142 g/mol. The Morgan fingerprint density at radius 2 is 2.20 bits per heavy atom. The molecule has 0 radical (unpaired) electrons. The van der Waals surface area contributed by atoms with Crippen LogP contribution in [0.1, 0.15) is 19.8 Å². The molecule has 2 nitrogen and oxygen atoms in total. The molecule has 0 saturated carbocycles. The van der Waals surface area contributed by atoms with Crippen molar-refractivity contribution in [3.8, 4) is 0 Å². The monoisotopic (exact) mass is 142 g/mol. The molecular weight excluding hydrogens is 124 g/mol. The average Bonchev–Trinajstić information content (AvgIpc) is 1.95. The van der Waals surface area contributed by atoms with Gasteiger partial charge in [-0.3, -0.25) is 0 Å². The molecular formula is C8H18N2. The third-order valence-corrected chi connectivity index (χ3v) is 2.67. The van der Waals surface area contributed by atoms with Crippen LogP contribution in [0.15, 0.2) is 0 Å². The Balaban J connectivity index is 2.42. The van der Waals surface area contributed by atoms with Crippen LogP contribution in [0.4, 0.5) is 0 Å². The zero-order valence-electron chi connectivity index (χ0n) is 7.22. The first-order valence-electron chi connectivity index (χ1n) is 4.13. The van der Waals surface area contributed by atoms with Crippen molar-refractivity contribution in [2.75, 3.05) is 20.6 Å². The second-order valence-electron chi connectivity index (χ2n) is 3.26. The predicted molar refractivity (Wildman–Crippen MR) is 44.2 cm³/mol. The number of likely N-dealkylation sites (N-methyl/N-ethyl adjacent to an activating group) is 2. The van der Waals surface area contributed by atoms with Gasteiger partial charge in [-0.05, 0) is 40.4 Å². The molecule has 1 saturated heterocycles. The van der Waals surface area contributed by atoms with Crippen molar-refractivity contribution in [1.82, 2.24) is 10.2 Å². The molecule has 10 heavy (non-hydrogen) atoms. The minimum atomic E-state index is 0.707. The molecule has 0 aliphatic carbocycles. The highest BCUT2D eigenvalue weighted by Gasteiger charge is 2.23. The first-order chi connectivity index (χ1) is 4.75. The van der Waals surface area contributed by atoms with Crippen LogP contribution in [0.5, 0.6) is 0 Å². The number of likely N-dealkylation sites (tertiary alicyclic amines) is 1. The lowest BCUT2D eigenvalue weighted by Crippen LogP contribution is -2.49. The molecule has 1 aliphatic heterocycles. The zero-order chi connectivity index (χ0) is 7.56. The smallest absolute Gasteiger partial charge is 0.0218 e. The van der Waals surface area contributed by atoms with Gasteiger partial charge in [0, 0.05) is 12.1 Å². The largest absolute Gasteiger partial charge is 0.315 e. The van der Waals surface area contributed by atoms with Crippen molar-refractivity contribution in [1.29, 1.82) is 0 Å². The Morgan fingerprint density at radius 3 is 2.70 bits per heavy atom. The van der Waals surface area contributed by atoms with E-state index in [-0.39, 0.29) is 0 Å². The summed E-state index contributed by atoms with van der Waals surface area (Å²) in [4.78, 5) is 2.42. The minimum Gasteiger partial charge on any atom is -0.315 e. The van der Waals surface area contributed by atoms with Crippen LogP contribution in [-0.4, -0.2) is 37.6 Å². The number of hydrogen-bond donors (Lipinski definition) is 1. The van der Waals surface area contributed by atoms with E-state index in [1.54, 1.807) is 0 Å². The molecule has 0 bridgehead atoms. The molecule has 1 rings (SSSR count). The summed E-state index contributed by atoms with van der Waals surface area (Å²) < 4.78 is 0. The zero-order valence-corrected chi connectivity index (χ0v) is 7.22. The second kappa shape index (κ2) is 3.35. The van der Waals surface area contributed by atoms with E-state index in [1.807, 2.05) is 0 Å². The summed E-state index contributed by atoms with van der Waals surface area (Å²) in [7, 11) is 4.26. The van der Waals surface area contributed by atoms with E-state index >= 15 is 0 Å². The lowest BCUT2D eigenvalue weighted by Gasteiger charge is -2.36. The minimum absolute atomic E-state index is 0.707. The SMILES string of the molecule is CNC1CCCN(C)C1C. The van der Waals surface area contributed by atoms with Gasteiger partial charge >= 0.3 is 0 Å². The quantitative estimate of drug-likeness (QED) is 0.579. The Morgan fingerprint density at radius 1 is 1.50 bits per heavy atom. The fourth-order valence-corrected chi connectivity index (χ4v) is 1.70. The Labute approximate surface area is 63.6 Å². The Hall–Kier alpha value is -0.0800. The van der Waals surface area contributed by atoms with E-state index < -0.39 is 0 Å². The maximum Gasteiger partial charge on any atom is 0.0218 e. The predicted octanol–water partition coefficient (Wildman–Crippen LogP) is 0.688. The molecule has 1 aliphatic rings. The van der Waals surface area contributed by atoms with Crippen molar-refractivity contribution in [3.05, 3.63) is 0 Å². The van der Waals surface area contributed by atoms with Crippen molar-refractivity contribution in [2.45, 2.75) is 31.8 Å². The Bertz CT molecular complexity index is 103. The molecule has 2 heteroatoms. The fraction of sp³-hybridized carbons (Fsp3) is 1.00. The van der Waals surface area contributed by atoms with Crippen LogP contribution >= 0.6 is 0 Å². The lowest BCUT2D eigenvalue weighted by atomic mass is 9.98. The molecule has 1 fully saturated rings. The van der Waals surface area contributed by atoms with Crippen molar-refractivity contribution >= 4 is 0 Å². The summed E-state index contributed by atoms with van der Waals surface area (Å²) in [6.07, 6.45) is 2.67. The highest BCUT2D eigenvalue weighted by atomic mass is 15.2. The van der Waals surface area contributed by atoms with Gasteiger partial charge in [-0.1, -0.05) is 0 Å². The van der Waals surface area contributed by atoms with E-state index in [2.05, 4.69) is 31.2 Å². The van der Waals surface area contributed by atoms with Crippen molar-refractivity contribution in [2.24, 2.45) is 0 Å². The molecule has 1 heterocycles. The van der Waals surface area contributed by atoms with Crippen LogP contribution in [0.25, 0.3) is 0 Å². The highest BCUT2D eigenvalue weighted by molar-refractivity contribution is 4.82. The molecule has 2 atom stereocenters. The van der Waals surface area contributed by atoms with E-state index in [0.717, 1.165) is 0 Å². The molecule has 0 aromatic rings. The summed E-state index contributed by atoms with van der Waals surface area (Å²) >= 11 is 0. The third kappa shape index (κ3) is 1.50. The van der Waals surface area contributed by atoms with Crippen molar-refractivity contribution < 1.29 is 0 Å². The van der Waals surface area contributed by atoms with Gasteiger partial charge in [-0.25, -0.2) is 0 Å². The van der Waals surface area contributed by atoms with E-state index in [9.17, 15) is 0 Å². The van der Waals surface area contributed by atoms with Gasteiger partial charge in [0.1, 0.15) is 0 Å². The number of hydrogen-bond acceptors (Lipinski definition) is 2. The first kappa shape index (κ1) is 8.02. The van der Waals surface area contributed by atoms with Gasteiger partial charge in [-0.2, -0.15) is 0 Å². The number of rotatable bonds is 1. The Kier molecular flexibility index (Phi) is 2.69. The van der Waals surface area contributed by atoms with Crippen LogP contribution in [0, 0.1) is 0 Å². The van der Waals surface area contributed by atoms with Crippen LogP contribution in [0.2, 0.25) is 0 Å². The molecule has 0 spiro atoms. The molecule has 0 amide bonds. The third-order valence-electron chi connectivity index (χ3n) is 2.67. The molecule has 0 aromatic heterocycles. The molecule has 0 aromatic carbocycles. The summed E-state index contributed by atoms with van der Waals surface area (Å²) in [6.45, 7) is 3.56. The van der Waals surface area contributed by atoms with Gasteiger partial charge in [-0.15, -0.1) is 0 Å². The summed E-state index contributed by atoms with van der Waals surface area (Å²) in [5.41, 5.74) is 0. The van der Waals surface area contributed by atoms with Crippen LogP contribution < -0.4 is 5.32 Å². The number of piperidine rings is 1. The van der Waals surface area contributed by atoms with Gasteiger partial charge in [0.15, 0.2) is 0 Å². The standard InChI is InChI=1S/C8H18N2/c1-7-8(9-2)5-4-6-10(7)3/h7-9H,4-6H2,1-3H3. The van der Waals surface area contributed by atoms with Crippen LogP contribution in [-0.2, 0) is 0 Å². The summed E-state index contributed by atoms with van der Waals surface area (Å²) in [6, 6.07) is 1.41. The fourth-order valence-electron chi connectivity index (χ4n) is 1.70. The van der Waals surface area contributed by atoms with Gasteiger partial charge < -0.3 is 10.2 Å². The first-order valence-corrected chi connectivity index (χ1v) is 4.13. The van der Waals surface area contributed by atoms with Crippen LogP contribution in [0.3, 0.4) is 0 Å². The maximum atomic E-state index is 3.34. The molecule has 60 valence electrons. The van der Waals surface area contributed by atoms with Gasteiger partial charge in [0.2, 0.25) is 0 Å². The highest BCUT2D eigenvalue weighted by Crippen LogP contribution is 2.14. The normalized spacial score (nSPS) is 36.3. The van der Waals surface area contributed by atoms with E-state index in [1.165, 1.54) is 19.4 Å². The molecule has 2 unspecified atom stereocenters. The van der Waals surface area contributed by atoms with E-state index in [0.29, 0.717) is 12.1 Å². The molecule has 1 N–H and O–H groups in total. The maximum absolute atomic E-state index is 3.34. The second-order valence-corrected chi connectivity index (χ2v) is 3.26. The number of nitrogens with zero attached hydrogens (tertiary/aromatic N) is 1. The number of nitrogens with one attached hydrogen (secondary N) is 1. The van der Waals surface area contributed by atoms with E-state index in [4.69, 9.17) is 0 Å². The van der Waals surface area contributed by atoms with Gasteiger partial charge in [0.05, 0.1) is 0 Å².